The second-order valence-corrected chi connectivity index (χ2v) is 7.81. The number of fused-ring (bicyclic) bond motifs is 1. The molecule has 4 rings (SSSR count). The first kappa shape index (κ1) is 22.2. The van der Waals surface area contributed by atoms with Crippen molar-refractivity contribution in [3.8, 4) is 0 Å². The molecule has 0 saturated carbocycles. The first-order chi connectivity index (χ1) is 15.8. The highest BCUT2D eigenvalue weighted by Gasteiger charge is 2.18. The van der Waals surface area contributed by atoms with Gasteiger partial charge in [-0.3, -0.25) is 24.3 Å². The monoisotopic (exact) mass is 466 g/mol. The molecule has 0 fully saturated rings. The molecule has 2 aromatic carbocycles. The van der Waals surface area contributed by atoms with Crippen LogP contribution in [0.3, 0.4) is 0 Å². The van der Waals surface area contributed by atoms with Gasteiger partial charge in [-0.25, -0.2) is 9.67 Å². The van der Waals surface area contributed by atoms with Gasteiger partial charge in [0.15, 0.2) is 5.65 Å². The normalized spacial score (nSPS) is 11.0. The van der Waals surface area contributed by atoms with Crippen LogP contribution in [0.15, 0.2) is 59.8 Å². The summed E-state index contributed by atoms with van der Waals surface area (Å²) in [6.07, 6.45) is 2.90. The Labute approximate surface area is 192 Å². The van der Waals surface area contributed by atoms with Crippen molar-refractivity contribution in [2.75, 3.05) is 6.54 Å². The highest BCUT2D eigenvalue weighted by molar-refractivity contribution is 6.30. The molecule has 2 aromatic heterocycles. The molecular weight excluding hydrogens is 448 g/mol. The van der Waals surface area contributed by atoms with Gasteiger partial charge in [0, 0.05) is 28.8 Å². The van der Waals surface area contributed by atoms with E-state index in [0.717, 1.165) is 5.56 Å². The average molecular weight is 467 g/mol. The molecule has 0 aliphatic rings. The zero-order valence-corrected chi connectivity index (χ0v) is 18.3. The number of hydrogen-bond acceptors (Lipinski definition) is 6. The first-order valence-electron chi connectivity index (χ1n) is 10.0. The Balaban J connectivity index is 1.46. The van der Waals surface area contributed by atoms with Crippen molar-refractivity contribution in [2.24, 2.45) is 0 Å². The first-order valence-corrected chi connectivity index (χ1v) is 10.4. The number of aromatic nitrogens is 4. The molecule has 0 bridgehead atoms. The van der Waals surface area contributed by atoms with Crippen molar-refractivity contribution in [2.45, 2.75) is 20.0 Å². The molecule has 0 unspecified atom stereocenters. The Bertz CT molecular complexity index is 1430. The van der Waals surface area contributed by atoms with Gasteiger partial charge in [-0.1, -0.05) is 29.8 Å². The Hall–Kier alpha value is -4.05. The highest BCUT2D eigenvalue weighted by Crippen LogP contribution is 2.21. The number of rotatable bonds is 7. The van der Waals surface area contributed by atoms with Crippen molar-refractivity contribution < 1.29 is 9.72 Å². The number of nitrogens with zero attached hydrogens (tertiary/aromatic N) is 5. The Kier molecular flexibility index (Phi) is 6.18. The summed E-state index contributed by atoms with van der Waals surface area (Å²) in [7, 11) is 0. The van der Waals surface area contributed by atoms with Crippen LogP contribution in [0.1, 0.15) is 21.5 Å². The number of amides is 1. The topological polar surface area (TPSA) is 125 Å². The van der Waals surface area contributed by atoms with Crippen LogP contribution in [-0.2, 0) is 13.1 Å². The minimum Gasteiger partial charge on any atom is -0.350 e. The Morgan fingerprint density at radius 1 is 1.24 bits per heavy atom. The summed E-state index contributed by atoms with van der Waals surface area (Å²) in [4.78, 5) is 40.2. The second-order valence-electron chi connectivity index (χ2n) is 7.38. The third-order valence-corrected chi connectivity index (χ3v) is 5.46. The number of benzene rings is 2. The number of carbonyl (C=O) groups is 1. The molecule has 33 heavy (non-hydrogen) atoms. The number of nitrogens with one attached hydrogen (secondary N) is 1. The fourth-order valence-electron chi connectivity index (χ4n) is 3.54. The van der Waals surface area contributed by atoms with E-state index >= 15 is 0 Å². The Morgan fingerprint density at radius 3 is 2.79 bits per heavy atom. The smallest absolute Gasteiger partial charge is 0.273 e. The van der Waals surface area contributed by atoms with Crippen LogP contribution in [0.25, 0.3) is 11.0 Å². The minimum absolute atomic E-state index is 0.112. The van der Waals surface area contributed by atoms with E-state index in [-0.39, 0.29) is 29.9 Å². The lowest BCUT2D eigenvalue weighted by Gasteiger charge is -2.09. The number of nitro groups is 1. The fraction of sp³-hybridized carbons (Fsp3) is 0.182. The molecule has 4 aromatic rings. The summed E-state index contributed by atoms with van der Waals surface area (Å²) < 4.78 is 3.01. The van der Waals surface area contributed by atoms with Crippen LogP contribution in [0, 0.1) is 17.0 Å². The number of nitro benzene ring substituents is 1. The van der Waals surface area contributed by atoms with Gasteiger partial charge in [-0.2, -0.15) is 5.10 Å². The molecule has 0 radical (unpaired) electrons. The van der Waals surface area contributed by atoms with Crippen molar-refractivity contribution in [1.82, 2.24) is 24.6 Å². The van der Waals surface area contributed by atoms with E-state index in [4.69, 9.17) is 11.6 Å². The molecule has 0 saturated heterocycles. The van der Waals surface area contributed by atoms with Crippen LogP contribution in [0.4, 0.5) is 5.69 Å². The summed E-state index contributed by atoms with van der Waals surface area (Å²) in [5.41, 5.74) is 1.46. The second kappa shape index (κ2) is 9.21. The van der Waals surface area contributed by atoms with E-state index in [1.807, 2.05) is 12.1 Å². The standard InChI is InChI=1S/C22H19ClN6O4/c1-14-17(6-3-7-19(14)29(32)33)21(30)24-8-9-28-20-18(11-26-28)22(31)27(13-25-20)12-15-4-2-5-16(23)10-15/h2-7,10-11,13H,8-9,12H2,1H3,(H,24,30). The molecule has 2 heterocycles. The molecule has 1 N–H and O–H groups in total. The zero-order valence-electron chi connectivity index (χ0n) is 17.6. The van der Waals surface area contributed by atoms with Gasteiger partial charge in [0.2, 0.25) is 0 Å². The molecule has 0 spiro atoms. The third-order valence-electron chi connectivity index (χ3n) is 5.22. The van der Waals surface area contributed by atoms with E-state index in [9.17, 15) is 19.7 Å². The van der Waals surface area contributed by atoms with Gasteiger partial charge < -0.3 is 5.32 Å². The average Bonchev–Trinajstić information content (AvgIpc) is 3.19. The summed E-state index contributed by atoms with van der Waals surface area (Å²) in [6.45, 7) is 2.33. The lowest BCUT2D eigenvalue weighted by Crippen LogP contribution is -2.28. The lowest BCUT2D eigenvalue weighted by molar-refractivity contribution is -0.385. The molecule has 0 aliphatic heterocycles. The zero-order chi connectivity index (χ0) is 23.5. The van der Waals surface area contributed by atoms with Gasteiger partial charge in [0.1, 0.15) is 11.7 Å². The van der Waals surface area contributed by atoms with Crippen LogP contribution in [-0.4, -0.2) is 36.7 Å². The summed E-state index contributed by atoms with van der Waals surface area (Å²) in [5.74, 6) is -0.426. The van der Waals surface area contributed by atoms with Crippen LogP contribution in [0.2, 0.25) is 5.02 Å². The summed E-state index contributed by atoms with van der Waals surface area (Å²) in [6, 6.07) is 11.6. The van der Waals surface area contributed by atoms with Gasteiger partial charge in [0.05, 0.1) is 24.2 Å². The SMILES string of the molecule is Cc1c(C(=O)NCCn2ncc3c(=O)n(Cc4cccc(Cl)c4)cnc32)cccc1[N+](=O)[O-]. The van der Waals surface area contributed by atoms with Crippen molar-refractivity contribution in [1.29, 1.82) is 0 Å². The van der Waals surface area contributed by atoms with E-state index in [0.29, 0.717) is 28.2 Å². The Morgan fingerprint density at radius 2 is 2.03 bits per heavy atom. The van der Waals surface area contributed by atoms with E-state index < -0.39 is 10.8 Å². The lowest BCUT2D eigenvalue weighted by atomic mass is 10.1. The van der Waals surface area contributed by atoms with Gasteiger partial charge in [-0.05, 0) is 30.7 Å². The molecule has 1 amide bonds. The predicted molar refractivity (Wildman–Crippen MR) is 123 cm³/mol. The van der Waals surface area contributed by atoms with E-state index in [1.165, 1.54) is 46.9 Å². The van der Waals surface area contributed by atoms with Gasteiger partial charge in [-0.15, -0.1) is 0 Å². The maximum Gasteiger partial charge on any atom is 0.273 e. The van der Waals surface area contributed by atoms with Crippen LogP contribution in [0.5, 0.6) is 0 Å². The van der Waals surface area contributed by atoms with Crippen molar-refractivity contribution in [3.63, 3.8) is 0 Å². The molecule has 10 nitrogen and oxygen atoms in total. The highest BCUT2D eigenvalue weighted by atomic mass is 35.5. The quantitative estimate of drug-likeness (QED) is 0.330. The van der Waals surface area contributed by atoms with Gasteiger partial charge in [0.25, 0.3) is 17.2 Å². The van der Waals surface area contributed by atoms with Crippen molar-refractivity contribution in [3.05, 3.63) is 97.2 Å². The third kappa shape index (κ3) is 4.60. The van der Waals surface area contributed by atoms with Crippen LogP contribution >= 0.6 is 11.6 Å². The number of halogens is 1. The summed E-state index contributed by atoms with van der Waals surface area (Å²) in [5, 5.41) is 19.0. The summed E-state index contributed by atoms with van der Waals surface area (Å²) >= 11 is 6.01. The number of hydrogen-bond donors (Lipinski definition) is 1. The van der Waals surface area contributed by atoms with Crippen LogP contribution < -0.4 is 10.9 Å². The van der Waals surface area contributed by atoms with E-state index in [1.54, 1.807) is 12.1 Å². The fourth-order valence-corrected chi connectivity index (χ4v) is 3.76. The molecule has 11 heteroatoms. The molecular formula is C22H19ClN6O4. The van der Waals surface area contributed by atoms with Crippen molar-refractivity contribution >= 4 is 34.2 Å². The molecule has 0 aliphatic carbocycles. The maximum absolute atomic E-state index is 12.8. The minimum atomic E-state index is -0.521. The number of carbonyl (C=O) groups excluding carboxylic acids is 1. The van der Waals surface area contributed by atoms with E-state index in [2.05, 4.69) is 15.4 Å². The maximum atomic E-state index is 12.8. The van der Waals surface area contributed by atoms with Gasteiger partial charge >= 0.3 is 0 Å². The molecule has 168 valence electrons. The molecule has 0 atom stereocenters. The largest absolute Gasteiger partial charge is 0.350 e. The predicted octanol–water partition coefficient (Wildman–Crippen LogP) is 2.94.